The standard InChI is InChI=1S/C14H18N2O4/c1-16-6-5-10(8-16)13(17)15-11-7-9(14(18)19)3-4-12(11)20-2/h3-4,7,10H,5-6,8H2,1-2H3,(H,15,17)(H,18,19). The zero-order chi connectivity index (χ0) is 14.7. The van der Waals surface area contributed by atoms with Gasteiger partial charge in [-0.2, -0.15) is 0 Å². The van der Waals surface area contributed by atoms with Crippen LogP contribution < -0.4 is 10.1 Å². The lowest BCUT2D eigenvalue weighted by Crippen LogP contribution is -2.25. The van der Waals surface area contributed by atoms with E-state index in [1.165, 1.54) is 19.2 Å². The van der Waals surface area contributed by atoms with Crippen LogP contribution in [0.1, 0.15) is 16.8 Å². The number of anilines is 1. The molecule has 1 aliphatic heterocycles. The van der Waals surface area contributed by atoms with Crippen LogP contribution in [-0.4, -0.2) is 49.1 Å². The van der Waals surface area contributed by atoms with Gasteiger partial charge >= 0.3 is 5.97 Å². The number of rotatable bonds is 4. The second-order valence-corrected chi connectivity index (χ2v) is 4.96. The molecular formula is C14H18N2O4. The number of hydrogen-bond acceptors (Lipinski definition) is 4. The van der Waals surface area contributed by atoms with Gasteiger partial charge < -0.3 is 20.1 Å². The number of carboxylic acids is 1. The Hall–Kier alpha value is -2.08. The third-order valence-electron chi connectivity index (χ3n) is 3.47. The number of benzene rings is 1. The number of methoxy groups -OCH3 is 1. The van der Waals surface area contributed by atoms with Crippen LogP contribution in [0.4, 0.5) is 5.69 Å². The number of amides is 1. The number of carbonyl (C=O) groups excluding carboxylic acids is 1. The highest BCUT2D eigenvalue weighted by Crippen LogP contribution is 2.27. The summed E-state index contributed by atoms with van der Waals surface area (Å²) >= 11 is 0. The largest absolute Gasteiger partial charge is 0.495 e. The first-order valence-electron chi connectivity index (χ1n) is 6.42. The monoisotopic (exact) mass is 278 g/mol. The topological polar surface area (TPSA) is 78.9 Å². The molecule has 1 aromatic rings. The van der Waals surface area contributed by atoms with Gasteiger partial charge in [0.1, 0.15) is 5.75 Å². The number of aromatic carboxylic acids is 1. The van der Waals surface area contributed by atoms with Crippen LogP contribution in [0.15, 0.2) is 18.2 Å². The Morgan fingerprint density at radius 1 is 1.45 bits per heavy atom. The third-order valence-corrected chi connectivity index (χ3v) is 3.47. The van der Waals surface area contributed by atoms with Crippen molar-refractivity contribution in [2.75, 3.05) is 32.6 Å². The van der Waals surface area contributed by atoms with Gasteiger partial charge in [-0.05, 0) is 38.2 Å². The molecular weight excluding hydrogens is 260 g/mol. The van der Waals surface area contributed by atoms with Crippen molar-refractivity contribution in [1.82, 2.24) is 4.90 Å². The number of nitrogens with zero attached hydrogens (tertiary/aromatic N) is 1. The first-order valence-corrected chi connectivity index (χ1v) is 6.42. The number of carboxylic acid groups (broad SMARTS) is 1. The van der Waals surface area contributed by atoms with E-state index in [9.17, 15) is 9.59 Å². The summed E-state index contributed by atoms with van der Waals surface area (Å²) in [7, 11) is 3.45. The third kappa shape index (κ3) is 3.08. The van der Waals surface area contributed by atoms with Crippen LogP contribution in [0.5, 0.6) is 5.75 Å². The summed E-state index contributed by atoms with van der Waals surface area (Å²) in [5.74, 6) is -0.758. The maximum Gasteiger partial charge on any atom is 0.335 e. The molecule has 0 bridgehead atoms. The number of likely N-dealkylation sites (tertiary alicyclic amines) is 1. The summed E-state index contributed by atoms with van der Waals surface area (Å²) in [4.78, 5) is 25.2. The number of carbonyl (C=O) groups is 2. The second kappa shape index (κ2) is 5.92. The Kier molecular flexibility index (Phi) is 4.24. The van der Waals surface area contributed by atoms with Crippen LogP contribution >= 0.6 is 0 Å². The molecule has 108 valence electrons. The molecule has 0 spiro atoms. The minimum atomic E-state index is -1.04. The molecule has 1 saturated heterocycles. The Labute approximate surface area is 117 Å². The highest BCUT2D eigenvalue weighted by atomic mass is 16.5. The minimum absolute atomic E-state index is 0.0711. The molecule has 6 nitrogen and oxygen atoms in total. The van der Waals surface area contributed by atoms with Gasteiger partial charge in [-0.15, -0.1) is 0 Å². The summed E-state index contributed by atoms with van der Waals surface area (Å²) in [6.07, 6.45) is 0.809. The van der Waals surface area contributed by atoms with Crippen LogP contribution in [0, 0.1) is 5.92 Å². The average Bonchev–Trinajstić information content (AvgIpc) is 2.85. The lowest BCUT2D eigenvalue weighted by Gasteiger charge is -2.14. The van der Waals surface area contributed by atoms with Gasteiger partial charge in [-0.1, -0.05) is 0 Å². The summed E-state index contributed by atoms with van der Waals surface area (Å²) < 4.78 is 5.15. The zero-order valence-corrected chi connectivity index (χ0v) is 11.5. The lowest BCUT2D eigenvalue weighted by atomic mass is 10.1. The average molecular weight is 278 g/mol. The second-order valence-electron chi connectivity index (χ2n) is 4.96. The SMILES string of the molecule is COc1ccc(C(=O)O)cc1NC(=O)C1CCN(C)C1. The molecule has 0 saturated carbocycles. The van der Waals surface area contributed by atoms with Gasteiger partial charge in [-0.25, -0.2) is 4.79 Å². The molecule has 2 N–H and O–H groups in total. The normalized spacial score (nSPS) is 18.8. The van der Waals surface area contributed by atoms with E-state index in [1.807, 2.05) is 7.05 Å². The number of ether oxygens (including phenoxy) is 1. The van der Waals surface area contributed by atoms with Gasteiger partial charge in [0, 0.05) is 6.54 Å². The molecule has 2 rings (SSSR count). The predicted molar refractivity (Wildman–Crippen MR) is 74.2 cm³/mol. The molecule has 0 radical (unpaired) electrons. The molecule has 1 fully saturated rings. The minimum Gasteiger partial charge on any atom is -0.495 e. The summed E-state index contributed by atoms with van der Waals surface area (Å²) in [5.41, 5.74) is 0.511. The molecule has 20 heavy (non-hydrogen) atoms. The van der Waals surface area contributed by atoms with Gasteiger partial charge in [0.2, 0.25) is 5.91 Å². The van der Waals surface area contributed by atoms with Crippen molar-refractivity contribution in [2.45, 2.75) is 6.42 Å². The van der Waals surface area contributed by atoms with Gasteiger partial charge in [0.05, 0.1) is 24.3 Å². The molecule has 0 aliphatic carbocycles. The molecule has 1 atom stereocenters. The smallest absolute Gasteiger partial charge is 0.335 e. The fourth-order valence-corrected chi connectivity index (χ4v) is 2.32. The van der Waals surface area contributed by atoms with E-state index < -0.39 is 5.97 Å². The molecule has 6 heteroatoms. The van der Waals surface area contributed by atoms with E-state index in [0.29, 0.717) is 18.0 Å². The highest BCUT2D eigenvalue weighted by molar-refractivity contribution is 5.96. The first-order chi connectivity index (χ1) is 9.51. The molecule has 1 aromatic carbocycles. The van der Waals surface area contributed by atoms with E-state index in [1.54, 1.807) is 6.07 Å². The maximum atomic E-state index is 12.2. The van der Waals surface area contributed by atoms with Crippen molar-refractivity contribution in [3.63, 3.8) is 0 Å². The Balaban J connectivity index is 2.16. The van der Waals surface area contributed by atoms with Crippen LogP contribution in [0.2, 0.25) is 0 Å². The first kappa shape index (κ1) is 14.3. The molecule has 0 aromatic heterocycles. The van der Waals surface area contributed by atoms with Gasteiger partial charge in [-0.3, -0.25) is 4.79 Å². The molecule has 1 aliphatic rings. The van der Waals surface area contributed by atoms with Crippen molar-refractivity contribution in [2.24, 2.45) is 5.92 Å². The number of hydrogen-bond donors (Lipinski definition) is 2. The Morgan fingerprint density at radius 2 is 2.20 bits per heavy atom. The van der Waals surface area contributed by atoms with Crippen molar-refractivity contribution < 1.29 is 19.4 Å². The van der Waals surface area contributed by atoms with Gasteiger partial charge in [0.15, 0.2) is 0 Å². The fourth-order valence-electron chi connectivity index (χ4n) is 2.32. The maximum absolute atomic E-state index is 12.2. The van der Waals surface area contributed by atoms with E-state index in [-0.39, 0.29) is 17.4 Å². The lowest BCUT2D eigenvalue weighted by molar-refractivity contribution is -0.119. The molecule has 1 unspecified atom stereocenters. The highest BCUT2D eigenvalue weighted by Gasteiger charge is 2.26. The van der Waals surface area contributed by atoms with E-state index in [2.05, 4.69) is 10.2 Å². The fraction of sp³-hybridized carbons (Fsp3) is 0.429. The van der Waals surface area contributed by atoms with Gasteiger partial charge in [0.25, 0.3) is 0 Å². The Bertz CT molecular complexity index is 530. The summed E-state index contributed by atoms with van der Waals surface area (Å²) in [6.45, 7) is 1.61. The van der Waals surface area contributed by atoms with Crippen molar-refractivity contribution >= 4 is 17.6 Å². The van der Waals surface area contributed by atoms with Crippen molar-refractivity contribution in [3.05, 3.63) is 23.8 Å². The van der Waals surface area contributed by atoms with E-state index >= 15 is 0 Å². The van der Waals surface area contributed by atoms with Crippen LogP contribution in [-0.2, 0) is 4.79 Å². The summed E-state index contributed by atoms with van der Waals surface area (Å²) in [5, 5.41) is 11.8. The number of nitrogens with one attached hydrogen (secondary N) is 1. The predicted octanol–water partition coefficient (Wildman–Crippen LogP) is 1.28. The molecule has 1 heterocycles. The van der Waals surface area contributed by atoms with Crippen LogP contribution in [0.3, 0.4) is 0 Å². The van der Waals surface area contributed by atoms with Crippen molar-refractivity contribution in [3.8, 4) is 5.75 Å². The van der Waals surface area contributed by atoms with Crippen molar-refractivity contribution in [1.29, 1.82) is 0 Å². The van der Waals surface area contributed by atoms with E-state index in [0.717, 1.165) is 13.0 Å². The molecule has 1 amide bonds. The summed E-state index contributed by atoms with van der Waals surface area (Å²) in [6, 6.07) is 4.40. The van der Waals surface area contributed by atoms with E-state index in [4.69, 9.17) is 9.84 Å². The zero-order valence-electron chi connectivity index (χ0n) is 11.5. The Morgan fingerprint density at radius 3 is 2.75 bits per heavy atom. The van der Waals surface area contributed by atoms with Crippen LogP contribution in [0.25, 0.3) is 0 Å². The quantitative estimate of drug-likeness (QED) is 0.867.